The lowest BCUT2D eigenvalue weighted by Gasteiger charge is -2.46. The van der Waals surface area contributed by atoms with E-state index in [2.05, 4.69) is 32.3 Å². The average molecular weight is 362 g/mol. The van der Waals surface area contributed by atoms with Gasteiger partial charge in [0.15, 0.2) is 5.65 Å². The first kappa shape index (κ1) is 16.2. The monoisotopic (exact) mass is 362 g/mol. The van der Waals surface area contributed by atoms with Gasteiger partial charge >= 0.3 is 0 Å². The summed E-state index contributed by atoms with van der Waals surface area (Å²) in [5.74, 6) is 1.19. The standard InChI is InChI=1S/C20H22N6O/c27-19(20(9-4-10-20)16-5-2-1-3-6-16)25-13-11-24(12-14-25)18-8-7-17-22-21-15-26(17)23-18/h1-3,5-8,15H,4,9-14H2. The third kappa shape index (κ3) is 2.65. The van der Waals surface area contributed by atoms with E-state index in [0.29, 0.717) is 5.91 Å². The molecule has 1 saturated heterocycles. The van der Waals surface area contributed by atoms with Crippen LogP contribution in [0, 0.1) is 0 Å². The molecule has 1 aromatic carbocycles. The summed E-state index contributed by atoms with van der Waals surface area (Å²) >= 11 is 0. The van der Waals surface area contributed by atoms with E-state index in [-0.39, 0.29) is 5.41 Å². The Morgan fingerprint density at radius 1 is 0.963 bits per heavy atom. The van der Waals surface area contributed by atoms with Crippen LogP contribution in [-0.2, 0) is 10.2 Å². The average Bonchev–Trinajstić information content (AvgIpc) is 3.16. The van der Waals surface area contributed by atoms with E-state index in [4.69, 9.17) is 0 Å². The van der Waals surface area contributed by atoms with Crippen molar-refractivity contribution in [2.24, 2.45) is 0 Å². The molecule has 2 aliphatic rings. The Bertz CT molecular complexity index is 957. The Morgan fingerprint density at radius 3 is 2.44 bits per heavy atom. The van der Waals surface area contributed by atoms with E-state index in [1.807, 2.05) is 35.2 Å². The van der Waals surface area contributed by atoms with Crippen LogP contribution in [0.15, 0.2) is 48.8 Å². The first-order valence-corrected chi connectivity index (χ1v) is 9.53. The number of aromatic nitrogens is 4. The number of nitrogens with zero attached hydrogens (tertiary/aromatic N) is 6. The molecule has 5 rings (SSSR count). The topological polar surface area (TPSA) is 66.6 Å². The molecule has 0 bridgehead atoms. The SMILES string of the molecule is O=C(N1CCN(c2ccc3nncn3n2)CC1)C1(c2ccccc2)CCC1. The van der Waals surface area contributed by atoms with Crippen LogP contribution in [0.4, 0.5) is 5.82 Å². The van der Waals surface area contributed by atoms with E-state index in [0.717, 1.165) is 56.9 Å². The van der Waals surface area contributed by atoms with Crippen LogP contribution in [0.1, 0.15) is 24.8 Å². The maximum absolute atomic E-state index is 13.4. The van der Waals surface area contributed by atoms with Gasteiger partial charge in [-0.3, -0.25) is 4.79 Å². The first-order valence-electron chi connectivity index (χ1n) is 9.53. The van der Waals surface area contributed by atoms with E-state index in [1.165, 1.54) is 5.56 Å². The number of benzene rings is 1. The number of rotatable bonds is 3. The molecule has 27 heavy (non-hydrogen) atoms. The molecule has 7 nitrogen and oxygen atoms in total. The van der Waals surface area contributed by atoms with E-state index in [9.17, 15) is 4.79 Å². The third-order valence-electron chi connectivity index (χ3n) is 5.98. The number of hydrogen-bond acceptors (Lipinski definition) is 5. The lowest BCUT2D eigenvalue weighted by molar-refractivity contribution is -0.141. The predicted octanol–water partition coefficient (Wildman–Crippen LogP) is 1.89. The Balaban J connectivity index is 1.30. The fourth-order valence-corrected chi connectivity index (χ4v) is 4.24. The highest BCUT2D eigenvalue weighted by atomic mass is 16.2. The fraction of sp³-hybridized carbons (Fsp3) is 0.400. The maximum Gasteiger partial charge on any atom is 0.233 e. The van der Waals surface area contributed by atoms with Gasteiger partial charge in [0.2, 0.25) is 5.91 Å². The van der Waals surface area contributed by atoms with Crippen molar-refractivity contribution >= 4 is 17.4 Å². The second-order valence-electron chi connectivity index (χ2n) is 7.41. The number of piperazine rings is 1. The maximum atomic E-state index is 13.4. The Hall–Kier alpha value is -2.96. The van der Waals surface area contributed by atoms with Crippen molar-refractivity contribution < 1.29 is 4.79 Å². The van der Waals surface area contributed by atoms with Gasteiger partial charge in [-0.15, -0.1) is 15.3 Å². The molecule has 2 aromatic heterocycles. The summed E-state index contributed by atoms with van der Waals surface area (Å²) < 4.78 is 1.69. The zero-order chi connectivity index (χ0) is 18.3. The molecule has 3 aromatic rings. The molecule has 138 valence electrons. The largest absolute Gasteiger partial charge is 0.352 e. The van der Waals surface area contributed by atoms with Crippen molar-refractivity contribution in [1.29, 1.82) is 0 Å². The van der Waals surface area contributed by atoms with Crippen molar-refractivity contribution in [1.82, 2.24) is 24.7 Å². The predicted molar refractivity (Wildman–Crippen MR) is 102 cm³/mol. The molecule has 2 fully saturated rings. The molecule has 1 aliphatic heterocycles. The fourth-order valence-electron chi connectivity index (χ4n) is 4.24. The minimum absolute atomic E-state index is 0.293. The Kier molecular flexibility index (Phi) is 3.81. The first-order chi connectivity index (χ1) is 13.3. The van der Waals surface area contributed by atoms with Crippen molar-refractivity contribution in [2.45, 2.75) is 24.7 Å². The van der Waals surface area contributed by atoms with Crippen LogP contribution in [0.3, 0.4) is 0 Å². The molecule has 0 spiro atoms. The lowest BCUT2D eigenvalue weighted by atomic mass is 9.63. The normalized spacial score (nSPS) is 19.1. The lowest BCUT2D eigenvalue weighted by Crippen LogP contribution is -2.57. The number of fused-ring (bicyclic) bond motifs is 1. The van der Waals surface area contributed by atoms with Crippen molar-refractivity contribution in [3.8, 4) is 0 Å². The van der Waals surface area contributed by atoms with Crippen molar-refractivity contribution in [2.75, 3.05) is 31.1 Å². The molecule has 0 radical (unpaired) electrons. The summed E-state index contributed by atoms with van der Waals surface area (Å²) in [6.45, 7) is 3.04. The number of amides is 1. The summed E-state index contributed by atoms with van der Waals surface area (Å²) in [7, 11) is 0. The molecule has 1 amide bonds. The summed E-state index contributed by atoms with van der Waals surface area (Å²) in [5.41, 5.74) is 1.61. The Morgan fingerprint density at radius 2 is 1.74 bits per heavy atom. The van der Waals surface area contributed by atoms with E-state index in [1.54, 1.807) is 10.8 Å². The van der Waals surface area contributed by atoms with Gasteiger partial charge in [0.1, 0.15) is 12.1 Å². The molecule has 1 saturated carbocycles. The summed E-state index contributed by atoms with van der Waals surface area (Å²) in [6.07, 6.45) is 4.66. The molecule has 0 atom stereocenters. The van der Waals surface area contributed by atoms with Gasteiger partial charge in [-0.2, -0.15) is 4.52 Å². The van der Waals surface area contributed by atoms with Crippen molar-refractivity contribution in [3.63, 3.8) is 0 Å². The summed E-state index contributed by atoms with van der Waals surface area (Å²) in [5, 5.41) is 12.4. The van der Waals surface area contributed by atoms with Crippen LogP contribution in [0.5, 0.6) is 0 Å². The van der Waals surface area contributed by atoms with Gasteiger partial charge < -0.3 is 9.80 Å². The van der Waals surface area contributed by atoms with Gasteiger partial charge in [-0.25, -0.2) is 0 Å². The molecule has 0 unspecified atom stereocenters. The minimum atomic E-state index is -0.303. The minimum Gasteiger partial charge on any atom is -0.352 e. The summed E-state index contributed by atoms with van der Waals surface area (Å²) in [6, 6.07) is 14.2. The summed E-state index contributed by atoms with van der Waals surface area (Å²) in [4.78, 5) is 17.6. The number of hydrogen-bond donors (Lipinski definition) is 0. The number of carbonyl (C=O) groups excluding carboxylic acids is 1. The van der Waals surface area contributed by atoms with Gasteiger partial charge in [0.25, 0.3) is 0 Å². The Labute approximate surface area is 157 Å². The van der Waals surface area contributed by atoms with Gasteiger partial charge in [0.05, 0.1) is 5.41 Å². The van der Waals surface area contributed by atoms with Crippen LogP contribution in [0.25, 0.3) is 5.65 Å². The van der Waals surface area contributed by atoms with Gasteiger partial charge in [-0.1, -0.05) is 36.8 Å². The highest BCUT2D eigenvalue weighted by Crippen LogP contribution is 2.45. The van der Waals surface area contributed by atoms with E-state index >= 15 is 0 Å². The highest BCUT2D eigenvalue weighted by Gasteiger charge is 2.47. The molecular weight excluding hydrogens is 340 g/mol. The molecular formula is C20H22N6O. The third-order valence-corrected chi connectivity index (χ3v) is 5.98. The van der Waals surface area contributed by atoms with Crippen molar-refractivity contribution in [3.05, 3.63) is 54.4 Å². The highest BCUT2D eigenvalue weighted by molar-refractivity contribution is 5.89. The van der Waals surface area contributed by atoms with Crippen LogP contribution < -0.4 is 4.90 Å². The van der Waals surface area contributed by atoms with E-state index < -0.39 is 0 Å². The second-order valence-corrected chi connectivity index (χ2v) is 7.41. The number of anilines is 1. The quantitative estimate of drug-likeness (QED) is 0.712. The van der Waals surface area contributed by atoms with Crippen LogP contribution in [0.2, 0.25) is 0 Å². The van der Waals surface area contributed by atoms with Crippen LogP contribution >= 0.6 is 0 Å². The molecule has 3 heterocycles. The molecule has 0 N–H and O–H groups in total. The van der Waals surface area contributed by atoms with Gasteiger partial charge in [-0.05, 0) is 30.5 Å². The number of carbonyl (C=O) groups is 1. The molecule has 1 aliphatic carbocycles. The second kappa shape index (κ2) is 6.33. The smallest absolute Gasteiger partial charge is 0.233 e. The van der Waals surface area contributed by atoms with Crippen LogP contribution in [-0.4, -0.2) is 56.8 Å². The molecule has 7 heteroatoms. The zero-order valence-corrected chi connectivity index (χ0v) is 15.2. The van der Waals surface area contributed by atoms with Gasteiger partial charge in [0, 0.05) is 26.2 Å². The zero-order valence-electron chi connectivity index (χ0n) is 15.2.